The standard InChI is InChI=1S/C12H8F2N2O3S/c1-5-4-20-12(18)16(5)11-7-2-6(3-17)8(13)9(14)10(7)19-15-11/h2-3,5H,4H2,1H3/t5-/m0/s1. The van der Waals surface area contributed by atoms with E-state index in [9.17, 15) is 18.4 Å². The number of carbonyl (C=O) groups excluding carboxylic acids is 2. The first kappa shape index (κ1) is 13.0. The van der Waals surface area contributed by atoms with Crippen molar-refractivity contribution in [3.05, 3.63) is 23.3 Å². The summed E-state index contributed by atoms with van der Waals surface area (Å²) in [5.41, 5.74) is -0.841. The number of anilines is 1. The van der Waals surface area contributed by atoms with Gasteiger partial charge in [0, 0.05) is 11.8 Å². The van der Waals surface area contributed by atoms with Crippen molar-refractivity contribution in [1.29, 1.82) is 0 Å². The molecule has 1 amide bonds. The Morgan fingerprint density at radius 2 is 2.25 bits per heavy atom. The summed E-state index contributed by atoms with van der Waals surface area (Å²) in [6, 6.07) is 0.990. The first-order valence-corrected chi connectivity index (χ1v) is 6.71. The molecule has 1 atom stereocenters. The van der Waals surface area contributed by atoms with Gasteiger partial charge in [-0.3, -0.25) is 14.5 Å². The number of fused-ring (bicyclic) bond motifs is 1. The van der Waals surface area contributed by atoms with Crippen molar-refractivity contribution in [3.63, 3.8) is 0 Å². The summed E-state index contributed by atoms with van der Waals surface area (Å²) in [5, 5.41) is 3.51. The number of halogens is 2. The van der Waals surface area contributed by atoms with E-state index in [1.165, 1.54) is 4.90 Å². The van der Waals surface area contributed by atoms with Gasteiger partial charge in [0.05, 0.1) is 10.9 Å². The van der Waals surface area contributed by atoms with Crippen LogP contribution in [0.1, 0.15) is 17.3 Å². The summed E-state index contributed by atoms with van der Waals surface area (Å²) in [6.45, 7) is 1.80. The summed E-state index contributed by atoms with van der Waals surface area (Å²) in [7, 11) is 0. The molecular formula is C12H8F2N2O3S. The van der Waals surface area contributed by atoms with E-state index >= 15 is 0 Å². The van der Waals surface area contributed by atoms with Crippen LogP contribution in [0.15, 0.2) is 10.6 Å². The number of carbonyl (C=O) groups is 2. The zero-order valence-electron chi connectivity index (χ0n) is 10.2. The molecule has 0 aliphatic carbocycles. The van der Waals surface area contributed by atoms with Gasteiger partial charge < -0.3 is 4.52 Å². The number of rotatable bonds is 2. The molecular weight excluding hydrogens is 290 g/mol. The Kier molecular flexibility index (Phi) is 2.97. The third kappa shape index (κ3) is 1.71. The number of hydrogen-bond acceptors (Lipinski definition) is 5. The molecule has 0 spiro atoms. The van der Waals surface area contributed by atoms with Crippen LogP contribution in [-0.4, -0.2) is 28.5 Å². The quantitative estimate of drug-likeness (QED) is 0.798. The maximum absolute atomic E-state index is 13.8. The molecule has 20 heavy (non-hydrogen) atoms. The fourth-order valence-electron chi connectivity index (χ4n) is 2.09. The fourth-order valence-corrected chi connectivity index (χ4v) is 3.03. The van der Waals surface area contributed by atoms with Crippen LogP contribution in [0.5, 0.6) is 0 Å². The summed E-state index contributed by atoms with van der Waals surface area (Å²) in [4.78, 5) is 23.9. The van der Waals surface area contributed by atoms with Crippen LogP contribution >= 0.6 is 11.8 Å². The second-order valence-corrected chi connectivity index (χ2v) is 5.36. The van der Waals surface area contributed by atoms with Gasteiger partial charge >= 0.3 is 0 Å². The highest BCUT2D eigenvalue weighted by Crippen LogP contribution is 2.36. The fraction of sp³-hybridized carbons (Fsp3) is 0.250. The third-order valence-electron chi connectivity index (χ3n) is 3.09. The molecule has 1 aliphatic rings. The highest BCUT2D eigenvalue weighted by molar-refractivity contribution is 8.14. The predicted molar refractivity (Wildman–Crippen MR) is 69.1 cm³/mol. The molecule has 3 rings (SSSR count). The molecule has 1 aromatic carbocycles. The average Bonchev–Trinajstić information content (AvgIpc) is 2.97. The first-order chi connectivity index (χ1) is 9.54. The number of aldehydes is 1. The summed E-state index contributed by atoms with van der Waals surface area (Å²) in [5.74, 6) is -1.90. The van der Waals surface area contributed by atoms with Crippen LogP contribution in [0.3, 0.4) is 0 Å². The van der Waals surface area contributed by atoms with E-state index in [4.69, 9.17) is 4.52 Å². The summed E-state index contributed by atoms with van der Waals surface area (Å²) >= 11 is 1.11. The second kappa shape index (κ2) is 4.55. The zero-order valence-corrected chi connectivity index (χ0v) is 11.0. The van der Waals surface area contributed by atoms with Crippen molar-refractivity contribution >= 4 is 40.1 Å². The van der Waals surface area contributed by atoms with E-state index in [0.717, 1.165) is 17.8 Å². The first-order valence-electron chi connectivity index (χ1n) is 5.73. The largest absolute Gasteiger partial charge is 0.351 e. The van der Waals surface area contributed by atoms with E-state index in [1.807, 2.05) is 0 Å². The molecule has 5 nitrogen and oxygen atoms in total. The van der Waals surface area contributed by atoms with Crippen molar-refractivity contribution in [1.82, 2.24) is 5.16 Å². The van der Waals surface area contributed by atoms with Gasteiger partial charge in [0.25, 0.3) is 5.24 Å². The van der Waals surface area contributed by atoms with E-state index in [-0.39, 0.29) is 28.8 Å². The van der Waals surface area contributed by atoms with Crippen molar-refractivity contribution in [2.45, 2.75) is 13.0 Å². The molecule has 8 heteroatoms. The maximum Gasteiger partial charge on any atom is 0.287 e. The van der Waals surface area contributed by atoms with Gasteiger partial charge in [0.2, 0.25) is 11.4 Å². The summed E-state index contributed by atoms with van der Waals surface area (Å²) in [6.07, 6.45) is 0.207. The molecule has 0 bridgehead atoms. The van der Waals surface area contributed by atoms with Crippen LogP contribution in [0, 0.1) is 11.6 Å². The number of amides is 1. The highest BCUT2D eigenvalue weighted by atomic mass is 32.2. The van der Waals surface area contributed by atoms with Gasteiger partial charge in [0.15, 0.2) is 17.9 Å². The van der Waals surface area contributed by atoms with Crippen LogP contribution in [-0.2, 0) is 0 Å². The molecule has 2 aromatic rings. The van der Waals surface area contributed by atoms with Gasteiger partial charge in [-0.15, -0.1) is 0 Å². The average molecular weight is 298 g/mol. The number of aromatic nitrogens is 1. The molecule has 1 saturated heterocycles. The van der Waals surface area contributed by atoms with Crippen molar-refractivity contribution < 1.29 is 22.9 Å². The number of hydrogen-bond donors (Lipinski definition) is 0. The Morgan fingerprint density at radius 1 is 1.50 bits per heavy atom. The van der Waals surface area contributed by atoms with E-state index in [2.05, 4.69) is 5.16 Å². The van der Waals surface area contributed by atoms with Gasteiger partial charge in [-0.1, -0.05) is 16.9 Å². The number of nitrogens with zero attached hydrogens (tertiary/aromatic N) is 2. The van der Waals surface area contributed by atoms with Crippen LogP contribution in [0.25, 0.3) is 11.0 Å². The highest BCUT2D eigenvalue weighted by Gasteiger charge is 2.34. The van der Waals surface area contributed by atoms with E-state index < -0.39 is 22.8 Å². The predicted octanol–water partition coefficient (Wildman–Crippen LogP) is 2.98. The van der Waals surface area contributed by atoms with E-state index in [0.29, 0.717) is 5.75 Å². The molecule has 1 aromatic heterocycles. The molecule has 0 radical (unpaired) electrons. The van der Waals surface area contributed by atoms with Crippen molar-refractivity contribution in [2.24, 2.45) is 0 Å². The SMILES string of the molecule is C[C@H]1CSC(=O)N1c1noc2c(F)c(F)c(C=O)cc12. The van der Waals surface area contributed by atoms with Crippen LogP contribution < -0.4 is 4.90 Å². The van der Waals surface area contributed by atoms with Gasteiger partial charge in [-0.2, -0.15) is 4.39 Å². The number of thioether (sulfide) groups is 1. The minimum atomic E-state index is -1.29. The molecule has 1 aliphatic heterocycles. The smallest absolute Gasteiger partial charge is 0.287 e. The third-order valence-corrected chi connectivity index (χ3v) is 4.19. The van der Waals surface area contributed by atoms with Gasteiger partial charge in [-0.05, 0) is 13.0 Å². The maximum atomic E-state index is 13.8. The Hall–Kier alpha value is -1.96. The monoisotopic (exact) mass is 298 g/mol. The Labute approximate surface area is 115 Å². The van der Waals surface area contributed by atoms with Gasteiger partial charge in [0.1, 0.15) is 0 Å². The Morgan fingerprint density at radius 3 is 2.85 bits per heavy atom. The van der Waals surface area contributed by atoms with Crippen molar-refractivity contribution in [2.75, 3.05) is 10.7 Å². The second-order valence-electron chi connectivity index (χ2n) is 4.39. The molecule has 1 fully saturated rings. The topological polar surface area (TPSA) is 63.4 Å². The molecule has 104 valence electrons. The lowest BCUT2D eigenvalue weighted by molar-refractivity contribution is 0.111. The Bertz CT molecular complexity index is 731. The minimum Gasteiger partial charge on any atom is -0.351 e. The van der Waals surface area contributed by atoms with Crippen molar-refractivity contribution in [3.8, 4) is 0 Å². The van der Waals surface area contributed by atoms with Gasteiger partial charge in [-0.25, -0.2) is 4.39 Å². The zero-order chi connectivity index (χ0) is 14.4. The lowest BCUT2D eigenvalue weighted by Crippen LogP contribution is -2.30. The Balaban J connectivity index is 2.26. The minimum absolute atomic E-state index is 0.101. The molecule has 0 saturated carbocycles. The van der Waals surface area contributed by atoms with Crippen LogP contribution in [0.4, 0.5) is 19.4 Å². The number of benzene rings is 1. The van der Waals surface area contributed by atoms with E-state index in [1.54, 1.807) is 6.92 Å². The molecule has 0 N–H and O–H groups in total. The summed E-state index contributed by atoms with van der Waals surface area (Å²) < 4.78 is 32.0. The normalized spacial score (nSPS) is 19.1. The van der Waals surface area contributed by atoms with Crippen LogP contribution in [0.2, 0.25) is 0 Å². The molecule has 0 unspecified atom stereocenters. The lowest BCUT2D eigenvalue weighted by atomic mass is 10.1. The molecule has 2 heterocycles. The lowest BCUT2D eigenvalue weighted by Gasteiger charge is -2.17.